The van der Waals surface area contributed by atoms with Gasteiger partial charge in [-0.05, 0) is 78.1 Å². The number of alkyl halides is 2. The number of fused-ring (bicyclic) bond motifs is 4. The summed E-state index contributed by atoms with van der Waals surface area (Å²) >= 11 is 3.05. The Labute approximate surface area is 390 Å². The van der Waals surface area contributed by atoms with E-state index in [4.69, 9.17) is 17.9 Å². The first-order chi connectivity index (χ1) is 32.0. The zero-order valence-electron chi connectivity index (χ0n) is 36.2. The van der Waals surface area contributed by atoms with Crippen LogP contribution >= 0.6 is 22.7 Å². The molecule has 67 heavy (non-hydrogen) atoms. The van der Waals surface area contributed by atoms with Gasteiger partial charge in [-0.25, -0.2) is 28.7 Å². The van der Waals surface area contributed by atoms with E-state index in [0.29, 0.717) is 69.9 Å². The maximum atomic E-state index is 14.1. The van der Waals surface area contributed by atoms with Crippen molar-refractivity contribution in [2.45, 2.75) is 47.5 Å². The molecule has 0 amide bonds. The van der Waals surface area contributed by atoms with Crippen LogP contribution in [0.2, 0.25) is 0 Å². The minimum atomic E-state index is -2.84. The van der Waals surface area contributed by atoms with E-state index >= 15 is 0 Å². The van der Waals surface area contributed by atoms with Crippen molar-refractivity contribution >= 4 is 75.8 Å². The molecule has 10 aromatic rings. The number of nitrogens with zero attached hydrogens (tertiary/aromatic N) is 8. The van der Waals surface area contributed by atoms with Gasteiger partial charge in [0.25, 0.3) is 17.5 Å². The monoisotopic (exact) mass is 932 g/mol. The number of hydrogen-bond acceptors (Lipinski definition) is 9. The Hall–Kier alpha value is -7.86. The third-order valence-corrected chi connectivity index (χ3v) is 13.8. The molecule has 2 N–H and O–H groups in total. The van der Waals surface area contributed by atoms with Gasteiger partial charge in [0.15, 0.2) is 0 Å². The molecule has 17 heteroatoms. The highest BCUT2D eigenvalue weighted by atomic mass is 32.1. The Kier molecular flexibility index (Phi) is 12.7. The molecule has 0 unspecified atom stereocenters. The van der Waals surface area contributed by atoms with Crippen LogP contribution in [-0.2, 0) is 26.9 Å². The molecule has 6 heterocycles. The van der Waals surface area contributed by atoms with Crippen LogP contribution in [0.3, 0.4) is 0 Å². The van der Waals surface area contributed by atoms with Gasteiger partial charge in [-0.3, -0.25) is 19.0 Å². The summed E-state index contributed by atoms with van der Waals surface area (Å²) in [5.74, 6) is 0.514. The molecule has 13 nitrogen and oxygen atoms in total. The lowest BCUT2D eigenvalue weighted by molar-refractivity contribution is 0.153. The SMILES string of the molecule is C.[C-]#[N+]c1c(-c2c(-c3cc(C(F)F)c4c(=O)[nH]nc(CC)c4c3)cnn2C)sc2ccccc12.[C-]#[N+]c1c(-c2c(-c3cc(OCC)c4c(=O)[nH]nc(CC)c4c3)cnn2C)sc2ccccc12. The van der Waals surface area contributed by atoms with E-state index in [0.717, 1.165) is 57.8 Å². The van der Waals surface area contributed by atoms with Gasteiger partial charge in [0.05, 0.1) is 75.4 Å². The smallest absolute Gasteiger partial charge is 0.275 e. The molecular weight excluding hydrogens is 891 g/mol. The predicted molar refractivity (Wildman–Crippen MR) is 265 cm³/mol. The van der Waals surface area contributed by atoms with E-state index in [9.17, 15) is 18.4 Å². The summed E-state index contributed by atoms with van der Waals surface area (Å²) in [6, 6.07) is 22.5. The number of ether oxygens (including phenoxy) is 1. The standard InChI is InChI=1S/C25H21N5O2S.C24H17F2N5OS.CH4/c1-5-18-16-11-14(12-19(32-6-2)21(16)25(31)29-28-18)17-13-27-30(4)23(17)24-22(26-3)15-9-7-8-10-20(15)33-24;1-4-17-14-9-12(10-15(23(25)26)19(14)24(32)30-29-17)16-11-28-31(3)21(16)22-20(27-2)13-7-5-6-8-18(13)33-22;/h7-13H,5-6H2,1-2,4H3,(H,29,31);5-11,23H,4H2,1,3H3,(H,30,32);1H4. The fourth-order valence-corrected chi connectivity index (χ4v) is 10.9. The second-order valence-corrected chi connectivity index (χ2v) is 17.3. The zero-order chi connectivity index (χ0) is 46.4. The number of rotatable bonds is 9. The van der Waals surface area contributed by atoms with Crippen LogP contribution in [0.15, 0.2) is 94.8 Å². The number of H-pyrrole nitrogens is 2. The maximum Gasteiger partial charge on any atom is 0.275 e. The lowest BCUT2D eigenvalue weighted by atomic mass is 9.96. The summed E-state index contributed by atoms with van der Waals surface area (Å²) in [5.41, 5.74) is 5.55. The summed E-state index contributed by atoms with van der Waals surface area (Å²) in [5, 5.41) is 25.5. The van der Waals surface area contributed by atoms with Gasteiger partial charge in [-0.15, -0.1) is 22.7 Å². The Morgan fingerprint density at radius 3 is 1.61 bits per heavy atom. The van der Waals surface area contributed by atoms with Crippen LogP contribution in [0.25, 0.3) is 94.8 Å². The topological polar surface area (TPSA) is 145 Å². The number of aromatic amines is 2. The lowest BCUT2D eigenvalue weighted by Gasteiger charge is -2.13. The van der Waals surface area contributed by atoms with Gasteiger partial charge >= 0.3 is 0 Å². The second kappa shape index (κ2) is 18.6. The lowest BCUT2D eigenvalue weighted by Crippen LogP contribution is -2.13. The van der Waals surface area contributed by atoms with Crippen LogP contribution in [0.1, 0.15) is 51.6 Å². The minimum absolute atomic E-state index is 0. The summed E-state index contributed by atoms with van der Waals surface area (Å²) in [6.45, 7) is 21.8. The van der Waals surface area contributed by atoms with Gasteiger partial charge < -0.3 is 4.74 Å². The van der Waals surface area contributed by atoms with Gasteiger partial charge in [0, 0.05) is 51.0 Å². The fraction of sp³-hybridized carbons (Fsp3) is 0.200. The van der Waals surface area contributed by atoms with Crippen molar-refractivity contribution in [1.82, 2.24) is 40.0 Å². The van der Waals surface area contributed by atoms with Crippen LogP contribution in [0, 0.1) is 13.1 Å². The molecule has 0 aliphatic rings. The zero-order valence-corrected chi connectivity index (χ0v) is 37.8. The van der Waals surface area contributed by atoms with E-state index in [1.54, 1.807) is 46.2 Å². The summed E-state index contributed by atoms with van der Waals surface area (Å²) in [4.78, 5) is 34.2. The summed E-state index contributed by atoms with van der Waals surface area (Å²) < 4.78 is 39.5. The molecule has 0 atom stereocenters. The molecule has 0 aliphatic carbocycles. The average Bonchev–Trinajstić information content (AvgIpc) is 4.10. The van der Waals surface area contributed by atoms with Crippen molar-refractivity contribution in [2.24, 2.45) is 14.1 Å². The minimum Gasteiger partial charge on any atom is -0.493 e. The molecule has 10 rings (SSSR count). The van der Waals surface area contributed by atoms with Crippen LogP contribution in [0.5, 0.6) is 5.75 Å². The third kappa shape index (κ3) is 7.81. The normalized spacial score (nSPS) is 11.2. The van der Waals surface area contributed by atoms with Crippen molar-refractivity contribution in [3.8, 4) is 49.1 Å². The molecule has 0 fully saturated rings. The number of aromatic nitrogens is 8. The third-order valence-electron chi connectivity index (χ3n) is 11.4. The van der Waals surface area contributed by atoms with Crippen LogP contribution in [0.4, 0.5) is 20.2 Å². The number of nitrogens with one attached hydrogen (secondary N) is 2. The Bertz CT molecular complexity index is 3750. The second-order valence-electron chi connectivity index (χ2n) is 15.2. The van der Waals surface area contributed by atoms with Gasteiger partial charge in [0.1, 0.15) is 5.75 Å². The molecule has 0 aliphatic heterocycles. The van der Waals surface area contributed by atoms with Crippen molar-refractivity contribution in [2.75, 3.05) is 6.61 Å². The average molecular weight is 933 g/mol. The molecule has 0 saturated carbocycles. The van der Waals surface area contributed by atoms with Crippen molar-refractivity contribution in [1.29, 1.82) is 0 Å². The molecule has 0 radical (unpaired) electrons. The summed E-state index contributed by atoms with van der Waals surface area (Å²) in [6.07, 6.45) is 1.70. The molecular formula is C50H42F2N10O3S2. The van der Waals surface area contributed by atoms with Gasteiger partial charge in [-0.1, -0.05) is 57.7 Å². The first-order valence-electron chi connectivity index (χ1n) is 20.9. The fourth-order valence-electron chi connectivity index (χ4n) is 8.43. The van der Waals surface area contributed by atoms with Crippen molar-refractivity contribution in [3.05, 3.63) is 146 Å². The van der Waals surface area contributed by atoms with Crippen LogP contribution < -0.4 is 15.9 Å². The number of benzene rings is 4. The van der Waals surface area contributed by atoms with Gasteiger partial charge in [0.2, 0.25) is 11.4 Å². The molecule has 4 aromatic carbocycles. The molecule has 6 aromatic heterocycles. The molecule has 0 bridgehead atoms. The highest BCUT2D eigenvalue weighted by Crippen LogP contribution is 2.49. The summed E-state index contributed by atoms with van der Waals surface area (Å²) in [7, 11) is 3.64. The van der Waals surface area contributed by atoms with E-state index in [1.165, 1.54) is 17.4 Å². The number of hydrogen-bond donors (Lipinski definition) is 2. The molecule has 0 saturated heterocycles. The van der Waals surface area contributed by atoms with E-state index in [-0.39, 0.29) is 23.9 Å². The van der Waals surface area contributed by atoms with Crippen molar-refractivity contribution < 1.29 is 13.5 Å². The highest BCUT2D eigenvalue weighted by molar-refractivity contribution is 7.23. The number of halogens is 2. The van der Waals surface area contributed by atoms with Gasteiger partial charge in [-0.2, -0.15) is 20.4 Å². The largest absolute Gasteiger partial charge is 0.493 e. The molecule has 336 valence electrons. The first-order valence-corrected chi connectivity index (χ1v) is 22.5. The maximum absolute atomic E-state index is 14.1. The highest BCUT2D eigenvalue weighted by Gasteiger charge is 2.26. The Balaban J connectivity index is 0.000000179. The van der Waals surface area contributed by atoms with E-state index in [2.05, 4.69) is 40.3 Å². The van der Waals surface area contributed by atoms with Crippen molar-refractivity contribution in [3.63, 3.8) is 0 Å². The van der Waals surface area contributed by atoms with Crippen LogP contribution in [-0.4, -0.2) is 46.6 Å². The first kappa shape index (κ1) is 45.7. The Morgan fingerprint density at radius 2 is 1.15 bits per heavy atom. The number of thiophene rings is 2. The van der Waals surface area contributed by atoms with E-state index in [1.807, 2.05) is 88.5 Å². The quantitative estimate of drug-likeness (QED) is 0.137. The molecule has 0 spiro atoms. The Morgan fingerprint density at radius 1 is 0.687 bits per heavy atom. The number of aryl methyl sites for hydroxylation is 4. The predicted octanol–water partition coefficient (Wildman–Crippen LogP) is 12.6. The van der Waals surface area contributed by atoms with E-state index < -0.39 is 12.0 Å².